The van der Waals surface area contributed by atoms with Crippen LogP contribution in [0.3, 0.4) is 0 Å². The van der Waals surface area contributed by atoms with E-state index in [2.05, 4.69) is 10.0 Å². The van der Waals surface area contributed by atoms with Crippen LogP contribution in [-0.4, -0.2) is 14.3 Å². The zero-order chi connectivity index (χ0) is 18.4. The number of carbonyl (C=O) groups is 1. The summed E-state index contributed by atoms with van der Waals surface area (Å²) in [7, 11) is -3.53. The van der Waals surface area contributed by atoms with Crippen molar-refractivity contribution in [3.63, 3.8) is 0 Å². The number of benzene rings is 2. The summed E-state index contributed by atoms with van der Waals surface area (Å²) in [6.07, 6.45) is 3.70. The zero-order valence-electron chi connectivity index (χ0n) is 14.7. The third-order valence-electron chi connectivity index (χ3n) is 5.56. The van der Waals surface area contributed by atoms with Crippen molar-refractivity contribution in [2.75, 3.05) is 10.0 Å². The molecule has 136 valence electrons. The molecule has 6 heteroatoms. The molecule has 0 atom stereocenters. The van der Waals surface area contributed by atoms with Crippen molar-refractivity contribution in [3.05, 3.63) is 59.2 Å². The average Bonchev–Trinajstić information content (AvgIpc) is 3.17. The van der Waals surface area contributed by atoms with E-state index in [0.29, 0.717) is 5.69 Å². The summed E-state index contributed by atoms with van der Waals surface area (Å²) >= 11 is 0. The molecule has 1 aliphatic heterocycles. The van der Waals surface area contributed by atoms with Crippen molar-refractivity contribution in [1.29, 1.82) is 0 Å². The number of anilines is 2. The molecule has 2 aliphatic rings. The lowest BCUT2D eigenvalue weighted by atomic mass is 9.80. The maximum Gasteiger partial charge on any atom is 0.236 e. The van der Waals surface area contributed by atoms with Gasteiger partial charge in [0.2, 0.25) is 15.9 Å². The van der Waals surface area contributed by atoms with Crippen LogP contribution in [0.2, 0.25) is 0 Å². The van der Waals surface area contributed by atoms with Gasteiger partial charge in [-0.3, -0.25) is 9.52 Å². The molecule has 26 heavy (non-hydrogen) atoms. The normalized spacial score (nSPS) is 18.0. The molecule has 1 saturated carbocycles. The molecule has 1 spiro atoms. The molecular formula is C20H22N2O3S. The van der Waals surface area contributed by atoms with E-state index in [0.717, 1.165) is 48.1 Å². The third kappa shape index (κ3) is 2.88. The summed E-state index contributed by atoms with van der Waals surface area (Å²) in [5.74, 6) is -0.0241. The topological polar surface area (TPSA) is 75.3 Å². The Bertz CT molecular complexity index is 976. The second-order valence-corrected chi connectivity index (χ2v) is 9.01. The number of rotatable bonds is 4. The second kappa shape index (κ2) is 6.13. The highest BCUT2D eigenvalue weighted by Gasteiger charge is 2.48. The van der Waals surface area contributed by atoms with E-state index in [1.54, 1.807) is 12.1 Å². The molecule has 0 saturated heterocycles. The molecule has 0 bridgehead atoms. The van der Waals surface area contributed by atoms with Crippen LogP contribution in [0.5, 0.6) is 0 Å². The molecule has 2 aromatic carbocycles. The highest BCUT2D eigenvalue weighted by atomic mass is 32.2. The standard InChI is InChI=1S/C20H22N2O3S/c1-14-6-2-3-7-15(14)13-26(24,25)22-16-8-9-18-17(12-16)20(19(23)21-18)10-4-5-11-20/h2-3,6-9,12,22H,4-5,10-11,13H2,1H3,(H,21,23). The van der Waals surface area contributed by atoms with Crippen molar-refractivity contribution in [3.8, 4) is 0 Å². The number of sulfonamides is 1. The quantitative estimate of drug-likeness (QED) is 0.862. The van der Waals surface area contributed by atoms with Gasteiger partial charge in [-0.2, -0.15) is 0 Å². The van der Waals surface area contributed by atoms with Gasteiger partial charge < -0.3 is 5.32 Å². The van der Waals surface area contributed by atoms with Crippen molar-refractivity contribution < 1.29 is 13.2 Å². The Morgan fingerprint density at radius 2 is 1.85 bits per heavy atom. The lowest BCUT2D eigenvalue weighted by Crippen LogP contribution is -2.31. The first kappa shape index (κ1) is 17.1. The average molecular weight is 370 g/mol. The number of hydrogen-bond donors (Lipinski definition) is 2. The van der Waals surface area contributed by atoms with Gasteiger partial charge >= 0.3 is 0 Å². The minimum Gasteiger partial charge on any atom is -0.325 e. The number of hydrogen-bond acceptors (Lipinski definition) is 3. The van der Waals surface area contributed by atoms with Gasteiger partial charge in [0, 0.05) is 11.4 Å². The highest BCUT2D eigenvalue weighted by molar-refractivity contribution is 7.91. The predicted molar refractivity (Wildman–Crippen MR) is 103 cm³/mol. The SMILES string of the molecule is Cc1ccccc1CS(=O)(=O)Nc1ccc2c(c1)C1(CCCC1)C(=O)N2. The predicted octanol–water partition coefficient (Wildman–Crippen LogP) is 3.70. The van der Waals surface area contributed by atoms with E-state index in [4.69, 9.17) is 0 Å². The first-order valence-electron chi connectivity index (χ1n) is 8.91. The summed E-state index contributed by atoms with van der Waals surface area (Å²) in [6.45, 7) is 1.90. The molecule has 2 N–H and O–H groups in total. The van der Waals surface area contributed by atoms with Crippen LogP contribution < -0.4 is 10.0 Å². The Morgan fingerprint density at radius 3 is 2.58 bits per heavy atom. The van der Waals surface area contributed by atoms with Crippen LogP contribution in [0, 0.1) is 6.92 Å². The molecule has 1 fully saturated rings. The summed E-state index contributed by atoms with van der Waals surface area (Å²) < 4.78 is 27.9. The fourth-order valence-corrected chi connectivity index (χ4v) is 5.44. The van der Waals surface area contributed by atoms with Gasteiger partial charge in [0.25, 0.3) is 0 Å². The Hall–Kier alpha value is -2.34. The Morgan fingerprint density at radius 1 is 1.12 bits per heavy atom. The van der Waals surface area contributed by atoms with Gasteiger partial charge in [0.15, 0.2) is 0 Å². The fraction of sp³-hybridized carbons (Fsp3) is 0.350. The largest absolute Gasteiger partial charge is 0.325 e. The zero-order valence-corrected chi connectivity index (χ0v) is 15.5. The maximum absolute atomic E-state index is 12.6. The smallest absolute Gasteiger partial charge is 0.236 e. The summed E-state index contributed by atoms with van der Waals surface area (Å²) in [5, 5.41) is 2.95. The molecule has 4 rings (SSSR count). The summed E-state index contributed by atoms with van der Waals surface area (Å²) in [5.41, 5.74) is 3.50. The first-order valence-corrected chi connectivity index (χ1v) is 10.6. The van der Waals surface area contributed by atoms with Crippen LogP contribution in [0.4, 0.5) is 11.4 Å². The molecule has 1 amide bonds. The van der Waals surface area contributed by atoms with E-state index in [-0.39, 0.29) is 11.7 Å². The van der Waals surface area contributed by atoms with E-state index < -0.39 is 15.4 Å². The monoisotopic (exact) mass is 370 g/mol. The van der Waals surface area contributed by atoms with Gasteiger partial charge in [-0.1, -0.05) is 37.1 Å². The van der Waals surface area contributed by atoms with Crippen LogP contribution in [0.1, 0.15) is 42.4 Å². The molecule has 1 heterocycles. The molecule has 2 aromatic rings. The van der Waals surface area contributed by atoms with Crippen LogP contribution >= 0.6 is 0 Å². The molecule has 0 radical (unpaired) electrons. The van der Waals surface area contributed by atoms with Crippen molar-refractivity contribution in [1.82, 2.24) is 0 Å². The molecule has 5 nitrogen and oxygen atoms in total. The third-order valence-corrected chi connectivity index (χ3v) is 6.79. The van der Waals surface area contributed by atoms with E-state index in [1.165, 1.54) is 0 Å². The van der Waals surface area contributed by atoms with Crippen LogP contribution in [-0.2, 0) is 26.0 Å². The summed E-state index contributed by atoms with van der Waals surface area (Å²) in [6, 6.07) is 12.8. The minimum atomic E-state index is -3.53. The lowest BCUT2D eigenvalue weighted by Gasteiger charge is -2.21. The number of fused-ring (bicyclic) bond motifs is 2. The van der Waals surface area contributed by atoms with Crippen molar-refractivity contribution in [2.24, 2.45) is 0 Å². The van der Waals surface area contributed by atoms with E-state index in [9.17, 15) is 13.2 Å². The van der Waals surface area contributed by atoms with Gasteiger partial charge in [0.05, 0.1) is 11.2 Å². The number of amides is 1. The Balaban J connectivity index is 1.61. The van der Waals surface area contributed by atoms with Gasteiger partial charge in [-0.15, -0.1) is 0 Å². The first-order chi connectivity index (χ1) is 12.4. The molecule has 0 aromatic heterocycles. The summed E-state index contributed by atoms with van der Waals surface area (Å²) in [4.78, 5) is 12.5. The Labute approximate surface area is 153 Å². The van der Waals surface area contributed by atoms with Crippen LogP contribution in [0.25, 0.3) is 0 Å². The van der Waals surface area contributed by atoms with Gasteiger partial charge in [-0.25, -0.2) is 8.42 Å². The van der Waals surface area contributed by atoms with Gasteiger partial charge in [-0.05, 0) is 54.7 Å². The molecule has 0 unspecified atom stereocenters. The van der Waals surface area contributed by atoms with Crippen molar-refractivity contribution >= 4 is 27.3 Å². The fourth-order valence-electron chi connectivity index (χ4n) is 4.14. The molecule has 1 aliphatic carbocycles. The Kier molecular flexibility index (Phi) is 4.03. The van der Waals surface area contributed by atoms with E-state index >= 15 is 0 Å². The number of nitrogens with one attached hydrogen (secondary N) is 2. The number of carbonyl (C=O) groups excluding carboxylic acids is 1. The van der Waals surface area contributed by atoms with Crippen LogP contribution in [0.15, 0.2) is 42.5 Å². The maximum atomic E-state index is 12.6. The highest BCUT2D eigenvalue weighted by Crippen LogP contribution is 2.49. The lowest BCUT2D eigenvalue weighted by molar-refractivity contribution is -0.120. The molecular weight excluding hydrogens is 348 g/mol. The number of aryl methyl sites for hydroxylation is 1. The van der Waals surface area contributed by atoms with Crippen molar-refractivity contribution in [2.45, 2.75) is 43.8 Å². The van der Waals surface area contributed by atoms with E-state index in [1.807, 2.05) is 37.3 Å². The second-order valence-electron chi connectivity index (χ2n) is 7.29. The minimum absolute atomic E-state index is 0.0462. The van der Waals surface area contributed by atoms with Gasteiger partial charge in [0.1, 0.15) is 0 Å².